The molecule has 0 saturated heterocycles. The second kappa shape index (κ2) is 7.82. The Morgan fingerprint density at radius 2 is 1.88 bits per heavy atom. The maximum absolute atomic E-state index is 12.9. The molecular weight excluding hydrogens is 300 g/mol. The Morgan fingerprint density at radius 1 is 1.21 bits per heavy atom. The Labute approximate surface area is 145 Å². The number of fused-ring (bicyclic) bond motifs is 1. The summed E-state index contributed by atoms with van der Waals surface area (Å²) in [5.41, 5.74) is 2.55. The van der Waals surface area contributed by atoms with Crippen molar-refractivity contribution in [2.75, 3.05) is 19.6 Å². The third-order valence-electron chi connectivity index (χ3n) is 4.63. The molecule has 1 aromatic carbocycles. The average Bonchev–Trinajstić information content (AvgIpc) is 2.53. The third-order valence-corrected chi connectivity index (χ3v) is 4.63. The number of hydrogen-bond acceptors (Lipinski definition) is 2. The first kappa shape index (κ1) is 18.5. The summed E-state index contributed by atoms with van der Waals surface area (Å²) in [6.07, 6.45) is 0.883. The standard InChI is InChI=1S/C20H30N2O2/c1-14(2)12-21(20(24)15(3)4)13-19(23)22-11-10-17-8-6-7-9-18(17)16(22)5/h6-9,14-16H,10-13H2,1-5H3. The van der Waals surface area contributed by atoms with E-state index in [1.54, 1.807) is 4.90 Å². The van der Waals surface area contributed by atoms with Crippen molar-refractivity contribution >= 4 is 11.8 Å². The van der Waals surface area contributed by atoms with Crippen molar-refractivity contribution in [2.24, 2.45) is 11.8 Å². The molecule has 0 fully saturated rings. The Bertz CT molecular complexity index is 595. The van der Waals surface area contributed by atoms with Gasteiger partial charge in [-0.15, -0.1) is 0 Å². The molecule has 2 amide bonds. The van der Waals surface area contributed by atoms with Gasteiger partial charge in [0.1, 0.15) is 0 Å². The summed E-state index contributed by atoms with van der Waals surface area (Å²) in [5.74, 6) is 0.366. The van der Waals surface area contributed by atoms with Gasteiger partial charge in [0.2, 0.25) is 11.8 Å². The van der Waals surface area contributed by atoms with Gasteiger partial charge < -0.3 is 9.80 Å². The summed E-state index contributed by atoms with van der Waals surface area (Å²) in [6, 6.07) is 8.38. The average molecular weight is 330 g/mol. The zero-order chi connectivity index (χ0) is 17.9. The molecule has 24 heavy (non-hydrogen) atoms. The molecule has 1 unspecified atom stereocenters. The van der Waals surface area contributed by atoms with Gasteiger partial charge in [-0.1, -0.05) is 52.0 Å². The molecular formula is C20H30N2O2. The van der Waals surface area contributed by atoms with Gasteiger partial charge in [0.25, 0.3) is 0 Å². The number of carbonyl (C=O) groups is 2. The predicted molar refractivity (Wildman–Crippen MR) is 96.5 cm³/mol. The predicted octanol–water partition coefficient (Wildman–Crippen LogP) is 3.27. The van der Waals surface area contributed by atoms with Crippen LogP contribution < -0.4 is 0 Å². The highest BCUT2D eigenvalue weighted by Gasteiger charge is 2.29. The Balaban J connectivity index is 2.11. The fraction of sp³-hybridized carbons (Fsp3) is 0.600. The first-order valence-corrected chi connectivity index (χ1v) is 8.97. The van der Waals surface area contributed by atoms with Crippen molar-refractivity contribution in [1.29, 1.82) is 0 Å². The summed E-state index contributed by atoms with van der Waals surface area (Å²) < 4.78 is 0. The molecule has 0 bridgehead atoms. The normalized spacial score (nSPS) is 17.1. The maximum Gasteiger partial charge on any atom is 0.242 e. The van der Waals surface area contributed by atoms with Gasteiger partial charge in [0, 0.05) is 19.0 Å². The number of nitrogens with zero attached hydrogens (tertiary/aromatic N) is 2. The van der Waals surface area contributed by atoms with Crippen LogP contribution in [0.4, 0.5) is 0 Å². The quantitative estimate of drug-likeness (QED) is 0.831. The van der Waals surface area contributed by atoms with E-state index in [1.807, 2.05) is 24.8 Å². The summed E-state index contributed by atoms with van der Waals surface area (Å²) in [7, 11) is 0. The minimum atomic E-state index is -0.0870. The Morgan fingerprint density at radius 3 is 2.50 bits per heavy atom. The lowest BCUT2D eigenvalue weighted by Crippen LogP contribution is -2.47. The van der Waals surface area contributed by atoms with Crippen LogP contribution in [0.25, 0.3) is 0 Å². The largest absolute Gasteiger partial charge is 0.334 e. The molecule has 1 heterocycles. The van der Waals surface area contributed by atoms with Crippen LogP contribution in [-0.2, 0) is 16.0 Å². The Hall–Kier alpha value is -1.84. The van der Waals surface area contributed by atoms with Crippen molar-refractivity contribution in [1.82, 2.24) is 9.80 Å². The molecule has 2 rings (SSSR count). The highest BCUT2D eigenvalue weighted by atomic mass is 16.2. The smallest absolute Gasteiger partial charge is 0.242 e. The van der Waals surface area contributed by atoms with Crippen LogP contribution in [0.5, 0.6) is 0 Å². The molecule has 4 heteroatoms. The second-order valence-electron chi connectivity index (χ2n) is 7.48. The zero-order valence-corrected chi connectivity index (χ0v) is 15.6. The lowest BCUT2D eigenvalue weighted by Gasteiger charge is -2.37. The highest BCUT2D eigenvalue weighted by molar-refractivity contribution is 5.86. The number of amides is 2. The Kier molecular flexibility index (Phi) is 6.03. The summed E-state index contributed by atoms with van der Waals surface area (Å²) >= 11 is 0. The molecule has 0 spiro atoms. The number of benzene rings is 1. The lowest BCUT2D eigenvalue weighted by molar-refractivity contribution is -0.144. The minimum absolute atomic E-state index is 0.0478. The summed E-state index contributed by atoms with van der Waals surface area (Å²) in [6.45, 7) is 11.5. The molecule has 0 saturated carbocycles. The van der Waals surface area contributed by atoms with E-state index >= 15 is 0 Å². The van der Waals surface area contributed by atoms with E-state index < -0.39 is 0 Å². The molecule has 0 N–H and O–H groups in total. The van der Waals surface area contributed by atoms with Gasteiger partial charge in [-0.2, -0.15) is 0 Å². The second-order valence-corrected chi connectivity index (χ2v) is 7.48. The van der Waals surface area contributed by atoms with Crippen LogP contribution in [0, 0.1) is 11.8 Å². The van der Waals surface area contributed by atoms with Crippen molar-refractivity contribution in [3.05, 3.63) is 35.4 Å². The van der Waals surface area contributed by atoms with Gasteiger partial charge in [-0.3, -0.25) is 9.59 Å². The van der Waals surface area contributed by atoms with Crippen LogP contribution in [-0.4, -0.2) is 41.2 Å². The van der Waals surface area contributed by atoms with Crippen LogP contribution in [0.1, 0.15) is 51.8 Å². The fourth-order valence-electron chi connectivity index (χ4n) is 3.41. The molecule has 1 atom stereocenters. The topological polar surface area (TPSA) is 40.6 Å². The molecule has 0 radical (unpaired) electrons. The first-order valence-electron chi connectivity index (χ1n) is 8.97. The molecule has 0 aromatic heterocycles. The number of carbonyl (C=O) groups excluding carboxylic acids is 2. The monoisotopic (exact) mass is 330 g/mol. The van der Waals surface area contributed by atoms with E-state index in [1.165, 1.54) is 11.1 Å². The number of rotatable bonds is 5. The summed E-state index contributed by atoms with van der Waals surface area (Å²) in [5, 5.41) is 0. The molecule has 132 valence electrons. The van der Waals surface area contributed by atoms with E-state index in [9.17, 15) is 9.59 Å². The first-order chi connectivity index (χ1) is 11.3. The van der Waals surface area contributed by atoms with Gasteiger partial charge in [-0.25, -0.2) is 0 Å². The molecule has 1 aliphatic rings. The van der Waals surface area contributed by atoms with E-state index in [4.69, 9.17) is 0 Å². The SMILES string of the molecule is CC(C)CN(CC(=O)N1CCc2ccccc2C1C)C(=O)C(C)C. The maximum atomic E-state index is 12.9. The van der Waals surface area contributed by atoms with Crippen molar-refractivity contribution in [2.45, 2.75) is 47.1 Å². The van der Waals surface area contributed by atoms with Crippen LogP contribution in [0.2, 0.25) is 0 Å². The number of hydrogen-bond donors (Lipinski definition) is 0. The van der Waals surface area contributed by atoms with Crippen LogP contribution in [0.15, 0.2) is 24.3 Å². The summed E-state index contributed by atoms with van der Waals surface area (Å²) in [4.78, 5) is 28.9. The van der Waals surface area contributed by atoms with Gasteiger partial charge in [0.05, 0.1) is 12.6 Å². The van der Waals surface area contributed by atoms with E-state index in [-0.39, 0.29) is 30.3 Å². The lowest BCUT2D eigenvalue weighted by atomic mass is 9.93. The highest BCUT2D eigenvalue weighted by Crippen LogP contribution is 2.29. The molecule has 0 aliphatic carbocycles. The van der Waals surface area contributed by atoms with Gasteiger partial charge in [0.15, 0.2) is 0 Å². The minimum Gasteiger partial charge on any atom is -0.334 e. The van der Waals surface area contributed by atoms with Gasteiger partial charge >= 0.3 is 0 Å². The van der Waals surface area contributed by atoms with Crippen molar-refractivity contribution in [3.63, 3.8) is 0 Å². The fourth-order valence-corrected chi connectivity index (χ4v) is 3.41. The van der Waals surface area contributed by atoms with Crippen molar-refractivity contribution in [3.8, 4) is 0 Å². The zero-order valence-electron chi connectivity index (χ0n) is 15.6. The molecule has 1 aromatic rings. The van der Waals surface area contributed by atoms with Crippen LogP contribution >= 0.6 is 0 Å². The van der Waals surface area contributed by atoms with Gasteiger partial charge in [-0.05, 0) is 30.4 Å². The van der Waals surface area contributed by atoms with E-state index in [0.717, 1.165) is 13.0 Å². The van der Waals surface area contributed by atoms with Crippen molar-refractivity contribution < 1.29 is 9.59 Å². The molecule has 4 nitrogen and oxygen atoms in total. The molecule has 1 aliphatic heterocycles. The van der Waals surface area contributed by atoms with Crippen LogP contribution in [0.3, 0.4) is 0 Å². The third kappa shape index (κ3) is 4.16. The van der Waals surface area contributed by atoms with E-state index in [2.05, 4.69) is 39.0 Å². The van der Waals surface area contributed by atoms with E-state index in [0.29, 0.717) is 12.5 Å².